The van der Waals surface area contributed by atoms with E-state index in [1.54, 1.807) is 13.0 Å². The molecule has 2 aliphatic heterocycles. The number of nitrogens with one attached hydrogen (secondary N) is 1. The molecular formula is C10H15NO5. The van der Waals surface area contributed by atoms with Gasteiger partial charge in [-0.2, -0.15) is 0 Å². The third-order valence-corrected chi connectivity index (χ3v) is 2.27. The highest BCUT2D eigenvalue weighted by atomic mass is 16.7. The lowest BCUT2D eigenvalue weighted by Crippen LogP contribution is -2.23. The number of hydrogen-bond acceptors (Lipinski definition) is 6. The van der Waals surface area contributed by atoms with Crippen molar-refractivity contribution in [3.8, 4) is 0 Å². The second-order valence-corrected chi connectivity index (χ2v) is 3.47. The van der Waals surface area contributed by atoms with Crippen LogP contribution in [0.5, 0.6) is 0 Å². The third-order valence-electron chi connectivity index (χ3n) is 2.27. The summed E-state index contributed by atoms with van der Waals surface area (Å²) < 4.78 is 15.3. The van der Waals surface area contributed by atoms with E-state index >= 15 is 0 Å². The van der Waals surface area contributed by atoms with Gasteiger partial charge in [0.05, 0.1) is 19.8 Å². The molecule has 1 atom stereocenters. The molecule has 0 aliphatic carbocycles. The Bertz CT molecular complexity index is 285. The predicted octanol–water partition coefficient (Wildman–Crippen LogP) is 0.0998. The first kappa shape index (κ1) is 11.4. The van der Waals surface area contributed by atoms with Crippen LogP contribution < -0.4 is 5.48 Å². The van der Waals surface area contributed by atoms with Gasteiger partial charge in [0.1, 0.15) is 0 Å². The Hall–Kier alpha value is -1.11. The summed E-state index contributed by atoms with van der Waals surface area (Å²) in [6.07, 6.45) is 1.31. The summed E-state index contributed by atoms with van der Waals surface area (Å²) in [5.41, 5.74) is 3.46. The zero-order valence-electron chi connectivity index (χ0n) is 9.10. The van der Waals surface area contributed by atoms with E-state index in [2.05, 4.69) is 5.48 Å². The Morgan fingerprint density at radius 3 is 3.00 bits per heavy atom. The van der Waals surface area contributed by atoms with Gasteiger partial charge in [-0.15, -0.1) is 0 Å². The van der Waals surface area contributed by atoms with E-state index in [0.29, 0.717) is 26.2 Å². The maximum Gasteiger partial charge on any atom is 0.338 e. The quantitative estimate of drug-likeness (QED) is 0.692. The van der Waals surface area contributed by atoms with Crippen molar-refractivity contribution in [1.82, 2.24) is 5.48 Å². The number of ether oxygens (including phenoxy) is 3. The molecule has 1 unspecified atom stereocenters. The molecule has 2 aliphatic rings. The SMILES string of the molecule is CCOC(=O)C1CC(=CC2OCCO2)NO1. The van der Waals surface area contributed by atoms with Gasteiger partial charge in [-0.1, -0.05) is 0 Å². The summed E-state index contributed by atoms with van der Waals surface area (Å²) in [5.74, 6) is -0.355. The van der Waals surface area contributed by atoms with Crippen LogP contribution in [-0.4, -0.2) is 38.2 Å². The van der Waals surface area contributed by atoms with E-state index < -0.39 is 6.10 Å². The number of hydrogen-bond donors (Lipinski definition) is 1. The number of hydroxylamine groups is 1. The molecule has 0 radical (unpaired) electrons. The highest BCUT2D eigenvalue weighted by molar-refractivity contribution is 5.75. The van der Waals surface area contributed by atoms with Crippen LogP contribution in [0.15, 0.2) is 11.8 Å². The van der Waals surface area contributed by atoms with Crippen molar-refractivity contribution < 1.29 is 23.8 Å². The third kappa shape index (κ3) is 2.72. The Balaban J connectivity index is 1.84. The first-order valence-corrected chi connectivity index (χ1v) is 5.32. The zero-order valence-corrected chi connectivity index (χ0v) is 9.10. The van der Waals surface area contributed by atoms with Crippen LogP contribution in [0.2, 0.25) is 0 Å². The first-order chi connectivity index (χ1) is 7.79. The van der Waals surface area contributed by atoms with Gasteiger partial charge in [0.2, 0.25) is 0 Å². The second-order valence-electron chi connectivity index (χ2n) is 3.47. The minimum atomic E-state index is -0.576. The fourth-order valence-corrected chi connectivity index (χ4v) is 1.54. The smallest absolute Gasteiger partial charge is 0.338 e. The highest BCUT2D eigenvalue weighted by Crippen LogP contribution is 2.17. The summed E-state index contributed by atoms with van der Waals surface area (Å²) in [6.45, 7) is 3.30. The number of carbonyl (C=O) groups is 1. The summed E-state index contributed by atoms with van der Waals surface area (Å²) in [7, 11) is 0. The number of esters is 1. The first-order valence-electron chi connectivity index (χ1n) is 5.32. The fourth-order valence-electron chi connectivity index (χ4n) is 1.54. The molecule has 0 aromatic carbocycles. The molecule has 6 nitrogen and oxygen atoms in total. The zero-order chi connectivity index (χ0) is 11.4. The molecule has 0 bridgehead atoms. The van der Waals surface area contributed by atoms with Gasteiger partial charge in [0.25, 0.3) is 0 Å². The van der Waals surface area contributed by atoms with Gasteiger partial charge in [-0.05, 0) is 13.0 Å². The molecule has 2 heterocycles. The second kappa shape index (κ2) is 5.29. The van der Waals surface area contributed by atoms with Crippen molar-refractivity contribution in [3.05, 3.63) is 11.8 Å². The lowest BCUT2D eigenvalue weighted by molar-refractivity contribution is -0.156. The molecule has 1 N–H and O–H groups in total. The van der Waals surface area contributed by atoms with Crippen molar-refractivity contribution in [1.29, 1.82) is 0 Å². The maximum atomic E-state index is 11.4. The van der Waals surface area contributed by atoms with E-state index in [0.717, 1.165) is 5.70 Å². The van der Waals surface area contributed by atoms with Crippen LogP contribution >= 0.6 is 0 Å². The predicted molar refractivity (Wildman–Crippen MR) is 53.0 cm³/mol. The van der Waals surface area contributed by atoms with Gasteiger partial charge < -0.3 is 14.2 Å². The normalized spacial score (nSPS) is 28.3. The van der Waals surface area contributed by atoms with Gasteiger partial charge in [0.15, 0.2) is 12.4 Å². The molecule has 0 saturated carbocycles. The Morgan fingerprint density at radius 2 is 2.31 bits per heavy atom. The lowest BCUT2D eigenvalue weighted by atomic mass is 10.2. The Labute approximate surface area is 93.4 Å². The van der Waals surface area contributed by atoms with Crippen molar-refractivity contribution in [2.75, 3.05) is 19.8 Å². The van der Waals surface area contributed by atoms with E-state index in [4.69, 9.17) is 19.0 Å². The topological polar surface area (TPSA) is 66.0 Å². The average molecular weight is 229 g/mol. The molecule has 0 aromatic heterocycles. The summed E-state index contributed by atoms with van der Waals surface area (Å²) in [6, 6.07) is 0. The monoisotopic (exact) mass is 229 g/mol. The van der Waals surface area contributed by atoms with Gasteiger partial charge in [-0.3, -0.25) is 10.3 Å². The number of carbonyl (C=O) groups excluding carboxylic acids is 1. The highest BCUT2D eigenvalue weighted by Gasteiger charge is 2.29. The summed E-state index contributed by atoms with van der Waals surface area (Å²) >= 11 is 0. The van der Waals surface area contributed by atoms with Crippen molar-refractivity contribution >= 4 is 5.97 Å². The van der Waals surface area contributed by atoms with Crippen LogP contribution in [0.3, 0.4) is 0 Å². The molecule has 2 fully saturated rings. The van der Waals surface area contributed by atoms with Crippen molar-refractivity contribution in [2.24, 2.45) is 0 Å². The Kier molecular flexibility index (Phi) is 3.76. The fraction of sp³-hybridized carbons (Fsp3) is 0.700. The molecule has 0 spiro atoms. The molecular weight excluding hydrogens is 214 g/mol. The average Bonchev–Trinajstić information content (AvgIpc) is 2.90. The standard InChI is InChI=1S/C10H15NO5/c1-2-13-10(12)8-5-7(11-16-8)6-9-14-3-4-15-9/h6,8-9,11H,2-5H2,1H3. The number of rotatable bonds is 3. The molecule has 6 heteroatoms. The Morgan fingerprint density at radius 1 is 1.56 bits per heavy atom. The molecule has 2 saturated heterocycles. The van der Waals surface area contributed by atoms with E-state index in [1.807, 2.05) is 0 Å². The minimum absolute atomic E-state index is 0.341. The largest absolute Gasteiger partial charge is 0.464 e. The molecule has 2 rings (SSSR count). The van der Waals surface area contributed by atoms with Crippen LogP contribution in [-0.2, 0) is 23.8 Å². The van der Waals surface area contributed by atoms with Gasteiger partial charge >= 0.3 is 5.97 Å². The summed E-state index contributed by atoms with van der Waals surface area (Å²) in [4.78, 5) is 16.4. The van der Waals surface area contributed by atoms with Crippen LogP contribution in [0, 0.1) is 0 Å². The van der Waals surface area contributed by atoms with Crippen molar-refractivity contribution in [3.63, 3.8) is 0 Å². The van der Waals surface area contributed by atoms with E-state index in [-0.39, 0.29) is 12.3 Å². The maximum absolute atomic E-state index is 11.4. The molecule has 16 heavy (non-hydrogen) atoms. The van der Waals surface area contributed by atoms with E-state index in [9.17, 15) is 4.79 Å². The van der Waals surface area contributed by atoms with Crippen LogP contribution in [0.4, 0.5) is 0 Å². The van der Waals surface area contributed by atoms with Gasteiger partial charge in [0, 0.05) is 12.1 Å². The minimum Gasteiger partial charge on any atom is -0.464 e. The lowest BCUT2D eigenvalue weighted by Gasteiger charge is -2.04. The van der Waals surface area contributed by atoms with Gasteiger partial charge in [-0.25, -0.2) is 4.79 Å². The molecule has 0 aromatic rings. The molecule has 0 amide bonds. The van der Waals surface area contributed by atoms with E-state index in [1.165, 1.54) is 0 Å². The van der Waals surface area contributed by atoms with Crippen LogP contribution in [0.25, 0.3) is 0 Å². The summed E-state index contributed by atoms with van der Waals surface area (Å²) in [5, 5.41) is 0. The van der Waals surface area contributed by atoms with Crippen LogP contribution in [0.1, 0.15) is 13.3 Å². The van der Waals surface area contributed by atoms with Crippen molar-refractivity contribution in [2.45, 2.75) is 25.7 Å². The molecule has 90 valence electrons.